The molecule has 68 valence electrons. The molecule has 4 heteroatoms. The Kier molecular flexibility index (Phi) is 4.93. The fraction of sp³-hybridized carbons (Fsp3) is 0.111. The van der Waals surface area contributed by atoms with Crippen LogP contribution in [0.15, 0.2) is 24.3 Å². The molecule has 0 aliphatic heterocycles. The molecule has 0 fully saturated rings. The van der Waals surface area contributed by atoms with Crippen LogP contribution in [0.25, 0.3) is 0 Å². The molecule has 0 unspecified atom stereocenters. The summed E-state index contributed by atoms with van der Waals surface area (Å²) in [5.41, 5.74) is 5.80. The van der Waals surface area contributed by atoms with E-state index in [1.165, 1.54) is 6.07 Å². The predicted octanol–water partition coefficient (Wildman–Crippen LogP) is 0.266. The van der Waals surface area contributed by atoms with Gasteiger partial charge >= 0.3 is 0 Å². The van der Waals surface area contributed by atoms with Gasteiger partial charge in [0, 0.05) is 12.7 Å². The summed E-state index contributed by atoms with van der Waals surface area (Å²) in [6.07, 6.45) is 0. The second-order valence-electron chi connectivity index (χ2n) is 2.06. The number of primary amides is 1. The van der Waals surface area contributed by atoms with Crippen LogP contribution in [0.1, 0.15) is 15.9 Å². The highest BCUT2D eigenvalue weighted by molar-refractivity contribution is 5.93. The maximum absolute atomic E-state index is 10.6. The zero-order chi connectivity index (χ0) is 10.3. The summed E-state index contributed by atoms with van der Waals surface area (Å²) in [6, 6.07) is 8.19. The highest BCUT2D eigenvalue weighted by Crippen LogP contribution is 2.02. The first-order valence-corrected chi connectivity index (χ1v) is 3.48. The number of nitrogens with two attached hydrogens (primary N) is 1. The number of benzene rings is 1. The number of rotatable bonds is 1. The lowest BCUT2D eigenvalue weighted by Gasteiger charge is -1.93. The van der Waals surface area contributed by atoms with Crippen LogP contribution < -0.4 is 5.73 Å². The van der Waals surface area contributed by atoms with Crippen molar-refractivity contribution in [2.75, 3.05) is 7.11 Å². The van der Waals surface area contributed by atoms with Crippen molar-refractivity contribution in [2.45, 2.75) is 0 Å². The molecule has 4 nitrogen and oxygen atoms in total. The minimum atomic E-state index is -0.512. The van der Waals surface area contributed by atoms with E-state index in [0.29, 0.717) is 11.1 Å². The lowest BCUT2D eigenvalue weighted by atomic mass is 10.1. The van der Waals surface area contributed by atoms with Gasteiger partial charge in [-0.25, -0.2) is 0 Å². The quantitative estimate of drug-likeness (QED) is 0.646. The van der Waals surface area contributed by atoms with Crippen molar-refractivity contribution < 1.29 is 9.90 Å². The Morgan fingerprint density at radius 3 is 2.62 bits per heavy atom. The molecular formula is C9H10N2O2. The van der Waals surface area contributed by atoms with Crippen molar-refractivity contribution in [1.82, 2.24) is 0 Å². The summed E-state index contributed by atoms with van der Waals surface area (Å²) in [5.74, 6) is -0.512. The fourth-order valence-corrected chi connectivity index (χ4v) is 0.742. The molecule has 0 aromatic heterocycles. The number of carbonyl (C=O) groups is 1. The SMILES string of the molecule is CO.N#Cc1cccc(C(N)=O)c1. The van der Waals surface area contributed by atoms with Crippen LogP contribution in [-0.2, 0) is 0 Å². The minimum Gasteiger partial charge on any atom is -0.400 e. The summed E-state index contributed by atoms with van der Waals surface area (Å²) in [4.78, 5) is 10.6. The Morgan fingerprint density at radius 2 is 2.15 bits per heavy atom. The molecule has 0 aliphatic carbocycles. The number of hydrogen-bond acceptors (Lipinski definition) is 3. The molecule has 1 aromatic carbocycles. The van der Waals surface area contributed by atoms with E-state index in [1.54, 1.807) is 18.2 Å². The van der Waals surface area contributed by atoms with E-state index in [4.69, 9.17) is 16.1 Å². The fourth-order valence-electron chi connectivity index (χ4n) is 0.742. The molecule has 3 N–H and O–H groups in total. The van der Waals surface area contributed by atoms with Crippen molar-refractivity contribution in [2.24, 2.45) is 5.73 Å². The van der Waals surface area contributed by atoms with E-state index >= 15 is 0 Å². The van der Waals surface area contributed by atoms with Crippen molar-refractivity contribution in [3.63, 3.8) is 0 Å². The molecule has 0 spiro atoms. The monoisotopic (exact) mass is 178 g/mol. The highest BCUT2D eigenvalue weighted by Gasteiger charge is 1.98. The van der Waals surface area contributed by atoms with Crippen molar-refractivity contribution in [3.8, 4) is 6.07 Å². The van der Waals surface area contributed by atoms with Gasteiger partial charge in [-0.05, 0) is 18.2 Å². The zero-order valence-corrected chi connectivity index (χ0v) is 7.19. The normalized spacial score (nSPS) is 7.77. The van der Waals surface area contributed by atoms with Crippen LogP contribution in [0.5, 0.6) is 0 Å². The van der Waals surface area contributed by atoms with Gasteiger partial charge in [-0.3, -0.25) is 4.79 Å². The van der Waals surface area contributed by atoms with Crippen LogP contribution >= 0.6 is 0 Å². The van der Waals surface area contributed by atoms with Gasteiger partial charge in [0.05, 0.1) is 11.6 Å². The van der Waals surface area contributed by atoms with Crippen LogP contribution in [0.3, 0.4) is 0 Å². The summed E-state index contributed by atoms with van der Waals surface area (Å²) in [7, 11) is 1.00. The summed E-state index contributed by atoms with van der Waals surface area (Å²) in [5, 5.41) is 15.4. The van der Waals surface area contributed by atoms with Gasteiger partial charge in [0.1, 0.15) is 0 Å². The first-order chi connectivity index (χ1) is 6.24. The molecule has 1 rings (SSSR count). The molecule has 13 heavy (non-hydrogen) atoms. The lowest BCUT2D eigenvalue weighted by Crippen LogP contribution is -2.10. The molecule has 0 saturated heterocycles. The molecule has 0 aliphatic rings. The Labute approximate surface area is 76.2 Å². The van der Waals surface area contributed by atoms with Crippen LogP contribution in [0.2, 0.25) is 0 Å². The largest absolute Gasteiger partial charge is 0.400 e. The number of nitriles is 1. The van der Waals surface area contributed by atoms with E-state index in [9.17, 15) is 4.79 Å². The molecule has 0 radical (unpaired) electrons. The van der Waals surface area contributed by atoms with E-state index in [0.717, 1.165) is 7.11 Å². The number of carbonyl (C=O) groups excluding carboxylic acids is 1. The Bertz CT molecular complexity index is 329. The Morgan fingerprint density at radius 1 is 1.54 bits per heavy atom. The van der Waals surface area contributed by atoms with Crippen LogP contribution in [0, 0.1) is 11.3 Å². The second kappa shape index (κ2) is 5.75. The third kappa shape index (κ3) is 3.36. The summed E-state index contributed by atoms with van der Waals surface area (Å²) < 4.78 is 0. The molecule has 0 saturated carbocycles. The summed E-state index contributed by atoms with van der Waals surface area (Å²) >= 11 is 0. The van der Waals surface area contributed by atoms with Crippen LogP contribution in [0.4, 0.5) is 0 Å². The maximum Gasteiger partial charge on any atom is 0.248 e. The van der Waals surface area contributed by atoms with Gasteiger partial charge in [-0.15, -0.1) is 0 Å². The number of nitrogens with zero attached hydrogens (tertiary/aromatic N) is 1. The lowest BCUT2D eigenvalue weighted by molar-refractivity contribution is 0.100. The Hall–Kier alpha value is -1.86. The molecule has 1 aromatic rings. The number of amides is 1. The van der Waals surface area contributed by atoms with E-state index < -0.39 is 5.91 Å². The van der Waals surface area contributed by atoms with Crippen LogP contribution in [-0.4, -0.2) is 18.1 Å². The van der Waals surface area contributed by atoms with Gasteiger partial charge in [0.15, 0.2) is 0 Å². The summed E-state index contributed by atoms with van der Waals surface area (Å²) in [6.45, 7) is 0. The number of hydrogen-bond donors (Lipinski definition) is 2. The molecule has 0 atom stereocenters. The van der Waals surface area contributed by atoms with Crippen molar-refractivity contribution >= 4 is 5.91 Å². The average Bonchev–Trinajstić information content (AvgIpc) is 2.21. The molecule has 1 amide bonds. The third-order valence-electron chi connectivity index (χ3n) is 1.28. The minimum absolute atomic E-state index is 0.365. The molecule has 0 heterocycles. The first kappa shape index (κ1) is 11.1. The van der Waals surface area contributed by atoms with E-state index in [2.05, 4.69) is 0 Å². The smallest absolute Gasteiger partial charge is 0.248 e. The molecular weight excluding hydrogens is 168 g/mol. The third-order valence-corrected chi connectivity index (χ3v) is 1.28. The van der Waals surface area contributed by atoms with Gasteiger partial charge in [-0.2, -0.15) is 5.26 Å². The highest BCUT2D eigenvalue weighted by atomic mass is 16.2. The van der Waals surface area contributed by atoms with Gasteiger partial charge in [0.2, 0.25) is 5.91 Å². The zero-order valence-electron chi connectivity index (χ0n) is 7.19. The van der Waals surface area contributed by atoms with Gasteiger partial charge in [-0.1, -0.05) is 6.07 Å². The van der Waals surface area contributed by atoms with E-state index in [1.807, 2.05) is 6.07 Å². The van der Waals surface area contributed by atoms with Crippen molar-refractivity contribution in [1.29, 1.82) is 5.26 Å². The first-order valence-electron chi connectivity index (χ1n) is 3.48. The standard InChI is InChI=1S/C8H6N2O.CH4O/c9-5-6-2-1-3-7(4-6)8(10)11;1-2/h1-4H,(H2,10,11);2H,1H3. The maximum atomic E-state index is 10.6. The van der Waals surface area contributed by atoms with Crippen molar-refractivity contribution in [3.05, 3.63) is 35.4 Å². The number of aliphatic hydroxyl groups excluding tert-OH is 1. The second-order valence-corrected chi connectivity index (χ2v) is 2.06. The van der Waals surface area contributed by atoms with Gasteiger partial charge < -0.3 is 10.8 Å². The Balaban J connectivity index is 0.000000671. The predicted molar refractivity (Wildman–Crippen MR) is 47.8 cm³/mol. The number of aliphatic hydroxyl groups is 1. The topological polar surface area (TPSA) is 87.1 Å². The van der Waals surface area contributed by atoms with Gasteiger partial charge in [0.25, 0.3) is 0 Å². The average molecular weight is 178 g/mol. The van der Waals surface area contributed by atoms with E-state index in [-0.39, 0.29) is 0 Å². The molecule has 0 bridgehead atoms.